The Bertz CT molecular complexity index is 1920. The van der Waals surface area contributed by atoms with E-state index in [1.807, 2.05) is 69.0 Å². The van der Waals surface area contributed by atoms with Crippen molar-refractivity contribution in [3.8, 4) is 11.1 Å². The van der Waals surface area contributed by atoms with Gasteiger partial charge in [0.1, 0.15) is 6.10 Å². The molecule has 2 aliphatic rings. The minimum absolute atomic E-state index is 0.0130. The molecule has 0 spiro atoms. The number of H-pyrrole nitrogens is 1. The molecule has 7 heteroatoms. The minimum Gasteiger partial charge on any atom is -0.366 e. The molecular weight excluding hydrogens is 514 g/mol. The van der Waals surface area contributed by atoms with E-state index >= 15 is 0 Å². The summed E-state index contributed by atoms with van der Waals surface area (Å²) >= 11 is 0. The molecule has 1 fully saturated rings. The molecule has 0 radical (unpaired) electrons. The number of carbonyl (C=O) groups excluding carboxylic acids is 2. The number of benzene rings is 4. The number of primary amides is 1. The van der Waals surface area contributed by atoms with Gasteiger partial charge in [-0.2, -0.15) is 0 Å². The summed E-state index contributed by atoms with van der Waals surface area (Å²) in [6.45, 7) is 8.88. The van der Waals surface area contributed by atoms with Gasteiger partial charge in [0.05, 0.1) is 24.2 Å². The molecule has 5 aromatic rings. The minimum atomic E-state index is -0.633. The van der Waals surface area contributed by atoms with E-state index < -0.39 is 11.7 Å². The summed E-state index contributed by atoms with van der Waals surface area (Å²) in [5, 5.41) is 1.89. The fraction of sp³-hybridized carbons (Fsp3) is 0.235. The van der Waals surface area contributed by atoms with Gasteiger partial charge in [-0.05, 0) is 79.8 Å². The summed E-state index contributed by atoms with van der Waals surface area (Å²) in [6, 6.07) is 22.0. The van der Waals surface area contributed by atoms with E-state index in [0.29, 0.717) is 24.2 Å². The smallest absolute Gasteiger partial charge is 0.258 e. The Morgan fingerprint density at radius 1 is 1.00 bits per heavy atom. The van der Waals surface area contributed by atoms with Crippen LogP contribution in [0.3, 0.4) is 0 Å². The maximum atomic E-state index is 13.4. The number of anilines is 1. The Labute approximate surface area is 237 Å². The van der Waals surface area contributed by atoms with Crippen LogP contribution in [0.5, 0.6) is 0 Å². The summed E-state index contributed by atoms with van der Waals surface area (Å²) in [5.41, 5.74) is 15.5. The monoisotopic (exact) mass is 545 g/mol. The maximum absolute atomic E-state index is 13.4. The molecule has 1 saturated heterocycles. The Hall–Kier alpha value is -4.46. The van der Waals surface area contributed by atoms with Crippen LogP contribution in [0, 0.1) is 13.8 Å². The lowest BCUT2D eigenvalue weighted by molar-refractivity contribution is -0.139. The van der Waals surface area contributed by atoms with Gasteiger partial charge in [0.2, 0.25) is 0 Å². The molecule has 1 unspecified atom stereocenters. The zero-order valence-corrected chi connectivity index (χ0v) is 23.5. The van der Waals surface area contributed by atoms with Crippen LogP contribution in [0.1, 0.15) is 62.9 Å². The van der Waals surface area contributed by atoms with Crippen LogP contribution >= 0.6 is 0 Å². The van der Waals surface area contributed by atoms with Gasteiger partial charge >= 0.3 is 0 Å². The van der Waals surface area contributed by atoms with Crippen LogP contribution in [0.4, 0.5) is 5.69 Å². The van der Waals surface area contributed by atoms with Crippen molar-refractivity contribution in [1.29, 1.82) is 0 Å². The number of fused-ring (bicyclic) bond motifs is 4. The number of nitrogens with zero attached hydrogens (tertiary/aromatic N) is 1. The fourth-order valence-electron chi connectivity index (χ4n) is 6.33. The second-order valence-electron chi connectivity index (χ2n) is 11.5. The molecule has 3 heterocycles. The highest BCUT2D eigenvalue weighted by Gasteiger charge is 2.34. The van der Waals surface area contributed by atoms with Gasteiger partial charge in [-0.3, -0.25) is 9.59 Å². The Morgan fingerprint density at radius 3 is 2.59 bits per heavy atom. The molecule has 7 nitrogen and oxygen atoms in total. The van der Waals surface area contributed by atoms with Gasteiger partial charge in [-0.25, -0.2) is 0 Å². The number of ether oxygens (including phenoxy) is 2. The highest BCUT2D eigenvalue weighted by Crippen LogP contribution is 2.42. The van der Waals surface area contributed by atoms with Crippen LogP contribution in [0.15, 0.2) is 66.7 Å². The van der Waals surface area contributed by atoms with Crippen molar-refractivity contribution >= 4 is 39.3 Å². The van der Waals surface area contributed by atoms with E-state index in [9.17, 15) is 9.59 Å². The number of amides is 2. The summed E-state index contributed by atoms with van der Waals surface area (Å²) < 4.78 is 11.9. The van der Waals surface area contributed by atoms with Crippen molar-refractivity contribution in [1.82, 2.24) is 4.98 Å². The molecule has 2 aliphatic heterocycles. The van der Waals surface area contributed by atoms with Gasteiger partial charge < -0.3 is 25.1 Å². The maximum Gasteiger partial charge on any atom is 0.258 e. The number of hydrogen-bond donors (Lipinski definition) is 2. The van der Waals surface area contributed by atoms with E-state index in [1.165, 1.54) is 0 Å². The van der Waals surface area contributed by atoms with Gasteiger partial charge in [0.15, 0.2) is 5.79 Å². The van der Waals surface area contributed by atoms with Gasteiger partial charge in [0.25, 0.3) is 11.8 Å². The lowest BCUT2D eigenvalue weighted by atomic mass is 9.93. The van der Waals surface area contributed by atoms with Crippen molar-refractivity contribution in [2.24, 2.45) is 5.73 Å². The number of nitrogens with one attached hydrogen (secondary N) is 1. The largest absolute Gasteiger partial charge is 0.366 e. The van der Waals surface area contributed by atoms with E-state index in [2.05, 4.69) is 29.2 Å². The Morgan fingerprint density at radius 2 is 1.83 bits per heavy atom. The highest BCUT2D eigenvalue weighted by molar-refractivity contribution is 6.20. The van der Waals surface area contributed by atoms with Crippen molar-refractivity contribution < 1.29 is 19.1 Å². The number of aromatic nitrogens is 1. The standard InChI is InChI=1S/C34H31N3O4/c1-18-8-9-21-16-37(33(39)26(21)14-18)28-7-5-6-22(19(28)2)23-12-13-25(32(35)38)31-30(23)24-11-10-20(15-27(24)36-31)29-17-40-34(3,4)41-29/h5-15,29,36H,16-17H2,1-4H3,(H2,35,38). The van der Waals surface area contributed by atoms with E-state index in [1.54, 1.807) is 6.07 Å². The number of nitrogens with two attached hydrogens (primary N) is 1. The first kappa shape index (κ1) is 25.5. The molecular formula is C34H31N3O4. The highest BCUT2D eigenvalue weighted by atomic mass is 16.7. The Balaban J connectivity index is 1.38. The summed E-state index contributed by atoms with van der Waals surface area (Å²) in [7, 11) is 0. The molecule has 3 N–H and O–H groups in total. The molecule has 2 amide bonds. The van der Waals surface area contributed by atoms with Gasteiger partial charge in [-0.15, -0.1) is 0 Å². The summed E-state index contributed by atoms with van der Waals surface area (Å²) in [5.74, 6) is -1.12. The van der Waals surface area contributed by atoms with E-state index in [0.717, 1.165) is 60.9 Å². The first-order valence-corrected chi connectivity index (χ1v) is 13.8. The number of aromatic amines is 1. The molecule has 206 valence electrons. The third kappa shape index (κ3) is 4.04. The van der Waals surface area contributed by atoms with Crippen molar-refractivity contribution in [2.45, 2.75) is 46.1 Å². The number of rotatable bonds is 4. The third-order valence-corrected chi connectivity index (χ3v) is 8.38. The first-order valence-electron chi connectivity index (χ1n) is 13.8. The fourth-order valence-corrected chi connectivity index (χ4v) is 6.33. The average molecular weight is 546 g/mol. The predicted molar refractivity (Wildman–Crippen MR) is 160 cm³/mol. The van der Waals surface area contributed by atoms with E-state index in [-0.39, 0.29) is 12.0 Å². The zero-order valence-electron chi connectivity index (χ0n) is 23.5. The van der Waals surface area contributed by atoms with Crippen molar-refractivity contribution in [3.05, 3.63) is 100 Å². The number of carbonyl (C=O) groups is 2. The lowest BCUT2D eigenvalue weighted by Gasteiger charge is -2.21. The van der Waals surface area contributed by atoms with Crippen molar-refractivity contribution in [2.75, 3.05) is 11.5 Å². The quantitative estimate of drug-likeness (QED) is 0.263. The second kappa shape index (κ2) is 9.03. The first-order chi connectivity index (χ1) is 19.6. The van der Waals surface area contributed by atoms with Crippen LogP contribution in [-0.4, -0.2) is 29.2 Å². The van der Waals surface area contributed by atoms with Gasteiger partial charge in [0, 0.05) is 27.5 Å². The Kier molecular flexibility index (Phi) is 5.61. The van der Waals surface area contributed by atoms with E-state index in [4.69, 9.17) is 15.2 Å². The van der Waals surface area contributed by atoms with Crippen LogP contribution in [0.25, 0.3) is 32.9 Å². The van der Waals surface area contributed by atoms with Crippen LogP contribution in [-0.2, 0) is 16.0 Å². The third-order valence-electron chi connectivity index (χ3n) is 8.38. The summed E-state index contributed by atoms with van der Waals surface area (Å²) in [4.78, 5) is 31.2. The van der Waals surface area contributed by atoms with Gasteiger partial charge in [-0.1, -0.05) is 48.0 Å². The number of hydrogen-bond acceptors (Lipinski definition) is 4. The normalized spacial score (nSPS) is 18.0. The van der Waals surface area contributed by atoms with Crippen molar-refractivity contribution in [3.63, 3.8) is 0 Å². The topological polar surface area (TPSA) is 97.7 Å². The SMILES string of the molecule is Cc1ccc2c(c1)C(=O)N(c1cccc(-c3ccc(C(N)=O)c4[nH]c5cc(C6COC(C)(C)O6)ccc5c34)c1C)C2. The lowest BCUT2D eigenvalue weighted by Crippen LogP contribution is -2.24. The van der Waals surface area contributed by atoms with Crippen LogP contribution < -0.4 is 10.6 Å². The molecule has 4 aromatic carbocycles. The molecule has 1 aromatic heterocycles. The van der Waals surface area contributed by atoms with Crippen LogP contribution in [0.2, 0.25) is 0 Å². The molecule has 1 atom stereocenters. The molecule has 0 aliphatic carbocycles. The predicted octanol–water partition coefficient (Wildman–Crippen LogP) is 6.69. The zero-order chi connectivity index (χ0) is 28.6. The molecule has 7 rings (SSSR count). The second-order valence-corrected chi connectivity index (χ2v) is 11.5. The number of aryl methyl sites for hydroxylation is 1. The molecule has 0 bridgehead atoms. The summed E-state index contributed by atoms with van der Waals surface area (Å²) in [6.07, 6.45) is -0.180. The average Bonchev–Trinajstić information content (AvgIpc) is 3.60. The molecule has 41 heavy (non-hydrogen) atoms. The molecule has 0 saturated carbocycles.